The van der Waals surface area contributed by atoms with E-state index in [1.54, 1.807) is 19.1 Å². The highest BCUT2D eigenvalue weighted by atomic mass is 32.2. The van der Waals surface area contributed by atoms with Crippen molar-refractivity contribution >= 4 is 39.5 Å². The number of pyridine rings is 2. The van der Waals surface area contributed by atoms with Gasteiger partial charge in [-0.15, -0.1) is 6.42 Å². The Balaban J connectivity index is 1.72. The van der Waals surface area contributed by atoms with Crippen LogP contribution in [-0.2, 0) is 5.54 Å². The molecule has 0 saturated heterocycles. The van der Waals surface area contributed by atoms with Crippen LogP contribution in [0.1, 0.15) is 26.3 Å². The molecule has 0 unspecified atom stereocenters. The lowest BCUT2D eigenvalue weighted by Crippen LogP contribution is -2.50. The van der Waals surface area contributed by atoms with E-state index in [1.165, 1.54) is 30.5 Å². The Morgan fingerprint density at radius 2 is 2.06 bits per heavy atom. The van der Waals surface area contributed by atoms with Crippen LogP contribution in [-0.4, -0.2) is 48.2 Å². The van der Waals surface area contributed by atoms with Crippen LogP contribution >= 0.6 is 11.8 Å². The molecule has 0 amide bonds. The molecular weight excluding hydrogens is 457 g/mol. The zero-order valence-electron chi connectivity index (χ0n) is 18.9. The number of hydrogen-bond acceptors (Lipinski definition) is 10. The summed E-state index contributed by atoms with van der Waals surface area (Å²) in [7, 11) is 0. The second-order valence-corrected chi connectivity index (χ2v) is 9.89. The monoisotopic (exact) mass is 481 g/mol. The highest BCUT2D eigenvalue weighted by Crippen LogP contribution is 2.50. The average Bonchev–Trinajstić information content (AvgIpc) is 2.82. The molecule has 176 valence electrons. The number of anilines is 2. The molecule has 1 aliphatic heterocycles. The smallest absolute Gasteiger partial charge is 0.218 e. The third-order valence-corrected chi connectivity index (χ3v) is 7.42. The van der Waals surface area contributed by atoms with Crippen LogP contribution in [0, 0.1) is 24.2 Å². The number of nitrogens with two attached hydrogens (primary N) is 1. The molecule has 9 nitrogen and oxygen atoms in total. The van der Waals surface area contributed by atoms with E-state index in [9.17, 15) is 5.11 Å². The molecule has 0 radical (unpaired) electrons. The maximum atomic E-state index is 15.0. The van der Waals surface area contributed by atoms with Crippen LogP contribution in [0.25, 0.3) is 11.0 Å². The largest absolute Gasteiger partial charge is 0.479 e. The highest BCUT2D eigenvalue weighted by molar-refractivity contribution is 8.15. The van der Waals surface area contributed by atoms with Crippen LogP contribution in [0.15, 0.2) is 35.8 Å². The molecule has 4 heterocycles. The number of ether oxygens (including phenoxy) is 1. The van der Waals surface area contributed by atoms with Gasteiger partial charge in [0.25, 0.3) is 0 Å². The van der Waals surface area contributed by atoms with E-state index in [-0.39, 0.29) is 29.9 Å². The van der Waals surface area contributed by atoms with Gasteiger partial charge in [-0.3, -0.25) is 4.99 Å². The molecule has 1 aliphatic rings. The first-order valence-electron chi connectivity index (χ1n) is 10.5. The van der Waals surface area contributed by atoms with E-state index in [2.05, 4.69) is 36.2 Å². The maximum absolute atomic E-state index is 15.0. The van der Waals surface area contributed by atoms with Gasteiger partial charge in [-0.2, -0.15) is 4.39 Å². The first-order chi connectivity index (χ1) is 16.2. The molecule has 3 aromatic heterocycles. The fraction of sp³-hybridized carbons (Fsp3) is 0.348. The Bertz CT molecular complexity index is 1310. The summed E-state index contributed by atoms with van der Waals surface area (Å²) in [6, 6.07) is 3.33. The number of aliphatic imine (C=N–C) groups is 1. The number of fused-ring (bicyclic) bond motifs is 1. The number of rotatable bonds is 6. The number of aromatic nitrogens is 4. The second kappa shape index (κ2) is 9.04. The molecular formula is C23H24FN7O2S. The molecule has 4 rings (SSSR count). The Morgan fingerprint density at radius 3 is 2.79 bits per heavy atom. The number of nitrogens with one attached hydrogen (secondary N) is 1. The Kier molecular flexibility index (Phi) is 6.29. The zero-order valence-corrected chi connectivity index (χ0v) is 19.7. The van der Waals surface area contributed by atoms with Gasteiger partial charge in [0.05, 0.1) is 35.7 Å². The summed E-state index contributed by atoms with van der Waals surface area (Å²) in [6.07, 6.45) is 9.50. The molecule has 4 N–H and O–H groups in total. The topological polar surface area (TPSA) is 131 Å². The summed E-state index contributed by atoms with van der Waals surface area (Å²) in [5.74, 6) is 2.38. The van der Waals surface area contributed by atoms with Gasteiger partial charge >= 0.3 is 0 Å². The maximum Gasteiger partial charge on any atom is 0.218 e. The minimum absolute atomic E-state index is 0.116. The first kappa shape index (κ1) is 23.7. The van der Waals surface area contributed by atoms with E-state index < -0.39 is 16.2 Å². The number of thioether (sulfide) groups is 1. The predicted octanol–water partition coefficient (Wildman–Crippen LogP) is 2.98. The molecule has 0 spiro atoms. The van der Waals surface area contributed by atoms with Crippen molar-refractivity contribution in [2.45, 2.75) is 31.1 Å². The quantitative estimate of drug-likeness (QED) is 0.359. The van der Waals surface area contributed by atoms with Crippen molar-refractivity contribution in [1.29, 1.82) is 0 Å². The van der Waals surface area contributed by atoms with Gasteiger partial charge in [-0.1, -0.05) is 24.6 Å². The van der Waals surface area contributed by atoms with Crippen molar-refractivity contribution in [1.82, 2.24) is 19.9 Å². The second-order valence-electron chi connectivity index (χ2n) is 8.33. The van der Waals surface area contributed by atoms with E-state index in [0.717, 1.165) is 0 Å². The molecule has 0 aromatic carbocycles. The summed E-state index contributed by atoms with van der Waals surface area (Å²) in [5.41, 5.74) is 6.80. The van der Waals surface area contributed by atoms with E-state index >= 15 is 4.39 Å². The molecule has 3 atom stereocenters. The number of hydrogen-bond donors (Lipinski definition) is 3. The van der Waals surface area contributed by atoms with Gasteiger partial charge in [-0.05, 0) is 19.9 Å². The molecule has 0 fully saturated rings. The van der Waals surface area contributed by atoms with Crippen LogP contribution in [0.3, 0.4) is 0 Å². The average molecular weight is 482 g/mol. The van der Waals surface area contributed by atoms with Crippen molar-refractivity contribution in [3.05, 3.63) is 42.4 Å². The number of aliphatic hydroxyl groups is 1. The summed E-state index contributed by atoms with van der Waals surface area (Å²) < 4.78 is 19.8. The van der Waals surface area contributed by atoms with Crippen molar-refractivity contribution in [3.63, 3.8) is 0 Å². The van der Waals surface area contributed by atoms with Gasteiger partial charge in [-0.25, -0.2) is 19.9 Å². The number of nitrogens with zero attached hydrogens (tertiary/aromatic N) is 5. The first-order valence-corrected chi connectivity index (χ1v) is 11.3. The lowest BCUT2D eigenvalue weighted by molar-refractivity contribution is 0.168. The van der Waals surface area contributed by atoms with Crippen molar-refractivity contribution < 1.29 is 14.2 Å². The zero-order chi connectivity index (χ0) is 24.5. The standard InChI is InChI=1S/C23H24FN7O2S/c1-5-6-33-15-8-17-18(26-10-15)20(29-12-28-17)30-14-7-16(19(24)27-9-14)23(4)13(2)22(3,11-32)34-21(25)31-23/h1,7-10,12-13,32H,6,11H2,2-4H3,(H2,25,31)(H,28,29,30)/t13-,22-,23+/m1/s1. The van der Waals surface area contributed by atoms with Gasteiger partial charge < -0.3 is 20.9 Å². The number of terminal acetylenes is 1. The third kappa shape index (κ3) is 4.22. The Morgan fingerprint density at radius 1 is 1.26 bits per heavy atom. The lowest BCUT2D eigenvalue weighted by Gasteiger charge is -2.46. The van der Waals surface area contributed by atoms with Gasteiger partial charge in [0, 0.05) is 22.3 Å². The summed E-state index contributed by atoms with van der Waals surface area (Å²) >= 11 is 1.29. The van der Waals surface area contributed by atoms with Crippen LogP contribution in [0.2, 0.25) is 0 Å². The number of aliphatic hydroxyl groups excluding tert-OH is 1. The minimum atomic E-state index is -1.04. The summed E-state index contributed by atoms with van der Waals surface area (Å²) in [5, 5.41) is 13.4. The van der Waals surface area contributed by atoms with E-state index in [0.29, 0.717) is 28.3 Å². The third-order valence-electron chi connectivity index (χ3n) is 6.17. The van der Waals surface area contributed by atoms with Crippen LogP contribution in [0.5, 0.6) is 5.75 Å². The lowest BCUT2D eigenvalue weighted by atomic mass is 9.74. The van der Waals surface area contributed by atoms with E-state index in [4.69, 9.17) is 16.9 Å². The highest BCUT2D eigenvalue weighted by Gasteiger charge is 2.50. The van der Waals surface area contributed by atoms with Crippen LogP contribution in [0.4, 0.5) is 15.9 Å². The molecule has 11 heteroatoms. The summed E-state index contributed by atoms with van der Waals surface area (Å²) in [4.78, 5) is 21.4. The Labute approximate surface area is 200 Å². The normalized spacial score (nSPS) is 24.4. The minimum Gasteiger partial charge on any atom is -0.479 e. The summed E-state index contributed by atoms with van der Waals surface area (Å²) in [6.45, 7) is 5.58. The fourth-order valence-electron chi connectivity index (χ4n) is 3.96. The van der Waals surface area contributed by atoms with E-state index in [1.807, 2.05) is 13.8 Å². The molecule has 0 aliphatic carbocycles. The number of halogens is 1. The number of amidine groups is 1. The van der Waals surface area contributed by atoms with Crippen molar-refractivity contribution in [2.75, 3.05) is 18.5 Å². The molecule has 0 bridgehead atoms. The molecule has 34 heavy (non-hydrogen) atoms. The predicted molar refractivity (Wildman–Crippen MR) is 130 cm³/mol. The van der Waals surface area contributed by atoms with Gasteiger partial charge in [0.2, 0.25) is 5.95 Å². The van der Waals surface area contributed by atoms with Gasteiger partial charge in [0.1, 0.15) is 24.2 Å². The van der Waals surface area contributed by atoms with Crippen molar-refractivity contribution in [2.24, 2.45) is 16.6 Å². The SMILES string of the molecule is C#CCOc1cnc2c(Nc3cnc(F)c([C@@]4(C)N=C(N)S[C@](C)(CO)[C@H]4C)c3)ncnc2c1. The fourth-order valence-corrected chi connectivity index (χ4v) is 5.15. The molecule has 0 saturated carbocycles. The van der Waals surface area contributed by atoms with Crippen LogP contribution < -0.4 is 15.8 Å². The van der Waals surface area contributed by atoms with Crippen molar-refractivity contribution in [3.8, 4) is 18.1 Å². The molecule has 3 aromatic rings. The Hall–Kier alpha value is -3.49. The van der Waals surface area contributed by atoms with Gasteiger partial charge in [0.15, 0.2) is 11.0 Å².